The zero-order chi connectivity index (χ0) is 19.5. The van der Waals surface area contributed by atoms with E-state index in [9.17, 15) is 5.11 Å². The topological polar surface area (TPSA) is 20.2 Å². The van der Waals surface area contributed by atoms with Crippen LogP contribution in [0.15, 0.2) is 29.8 Å². The smallest absolute Gasteiger partial charge is 0.0809 e. The van der Waals surface area contributed by atoms with Gasteiger partial charge in [-0.15, -0.1) is 0 Å². The molecule has 0 saturated heterocycles. The predicted molar refractivity (Wildman–Crippen MR) is 117 cm³/mol. The summed E-state index contributed by atoms with van der Waals surface area (Å²) in [5, 5.41) is 12.2. The monoisotopic (exact) mass is 398 g/mol. The maximum Gasteiger partial charge on any atom is 0.0809 e. The molecule has 152 valence electrons. The lowest BCUT2D eigenvalue weighted by atomic mass is 9.45. The van der Waals surface area contributed by atoms with Gasteiger partial charge in [-0.3, -0.25) is 0 Å². The van der Waals surface area contributed by atoms with E-state index in [-0.39, 0.29) is 11.5 Å². The molecule has 0 aliphatic heterocycles. The van der Waals surface area contributed by atoms with E-state index in [0.29, 0.717) is 11.3 Å². The van der Waals surface area contributed by atoms with Crippen molar-refractivity contribution in [1.29, 1.82) is 0 Å². The molecule has 28 heavy (non-hydrogen) atoms. The van der Waals surface area contributed by atoms with Gasteiger partial charge in [0.1, 0.15) is 0 Å². The zero-order valence-electron chi connectivity index (χ0n) is 17.5. The molecule has 4 aliphatic rings. The van der Waals surface area contributed by atoms with Crippen LogP contribution in [0.3, 0.4) is 0 Å². The van der Waals surface area contributed by atoms with Crippen molar-refractivity contribution in [3.8, 4) is 0 Å². The van der Waals surface area contributed by atoms with E-state index in [1.54, 1.807) is 0 Å². The number of hydrogen-bond donors (Lipinski definition) is 1. The lowest BCUT2D eigenvalue weighted by Gasteiger charge is -2.60. The number of fused-ring (bicyclic) bond motifs is 5. The fraction of sp³-hybridized carbons (Fsp3) is 0.692. The van der Waals surface area contributed by atoms with E-state index >= 15 is 0 Å². The molecule has 0 bridgehead atoms. The lowest BCUT2D eigenvalue weighted by Crippen LogP contribution is -2.53. The maximum absolute atomic E-state index is 11.4. The Morgan fingerprint density at radius 2 is 1.79 bits per heavy atom. The Hall–Kier alpha value is -0.790. The first-order chi connectivity index (χ1) is 13.4. The van der Waals surface area contributed by atoms with Crippen LogP contribution in [0.25, 0.3) is 6.08 Å². The molecule has 0 aromatic heterocycles. The highest BCUT2D eigenvalue weighted by Gasteiger charge is 2.60. The number of rotatable bonds is 1. The molecule has 0 heterocycles. The van der Waals surface area contributed by atoms with Crippen LogP contribution in [0.2, 0.25) is 5.02 Å². The van der Waals surface area contributed by atoms with Gasteiger partial charge in [0.25, 0.3) is 0 Å². The highest BCUT2D eigenvalue weighted by molar-refractivity contribution is 6.32. The van der Waals surface area contributed by atoms with E-state index < -0.39 is 0 Å². The first-order valence-electron chi connectivity index (χ1n) is 11.6. The minimum Gasteiger partial charge on any atom is -0.388 e. The zero-order valence-corrected chi connectivity index (χ0v) is 18.2. The van der Waals surface area contributed by atoms with Gasteiger partial charge >= 0.3 is 0 Å². The van der Waals surface area contributed by atoms with Gasteiger partial charge in [0, 0.05) is 10.4 Å². The minimum atomic E-state index is -0.313. The third kappa shape index (κ3) is 2.76. The molecule has 0 amide bonds. The maximum atomic E-state index is 11.4. The van der Waals surface area contributed by atoms with Crippen molar-refractivity contribution in [3.63, 3.8) is 0 Å². The molecular formula is C26H35ClO. The van der Waals surface area contributed by atoms with Crippen LogP contribution in [-0.2, 0) is 0 Å². The van der Waals surface area contributed by atoms with Gasteiger partial charge < -0.3 is 5.11 Å². The molecule has 1 nitrogen and oxygen atoms in total. The summed E-state index contributed by atoms with van der Waals surface area (Å²) in [6.07, 6.45) is 14.0. The quantitative estimate of drug-likeness (QED) is 0.533. The molecule has 2 heteroatoms. The van der Waals surface area contributed by atoms with Gasteiger partial charge in [-0.1, -0.05) is 62.6 Å². The third-order valence-electron chi connectivity index (χ3n) is 9.70. The van der Waals surface area contributed by atoms with E-state index in [2.05, 4.69) is 26.0 Å². The van der Waals surface area contributed by atoms with Crippen molar-refractivity contribution < 1.29 is 5.11 Å². The highest BCUT2D eigenvalue weighted by atomic mass is 35.5. The van der Waals surface area contributed by atoms with Crippen LogP contribution in [0.1, 0.15) is 77.2 Å². The summed E-state index contributed by atoms with van der Waals surface area (Å²) in [5.41, 5.74) is 2.88. The first-order valence-corrected chi connectivity index (χ1v) is 11.9. The first kappa shape index (κ1) is 19.2. The number of halogens is 1. The molecule has 1 aromatic carbocycles. The van der Waals surface area contributed by atoms with Crippen molar-refractivity contribution >= 4 is 17.7 Å². The van der Waals surface area contributed by atoms with Crippen molar-refractivity contribution in [2.75, 3.05) is 0 Å². The fourth-order valence-electron chi connectivity index (χ4n) is 8.09. The van der Waals surface area contributed by atoms with Crippen molar-refractivity contribution in [3.05, 3.63) is 40.4 Å². The molecule has 1 aromatic rings. The summed E-state index contributed by atoms with van der Waals surface area (Å²) < 4.78 is 0. The number of aliphatic hydroxyl groups excluding tert-OH is 1. The van der Waals surface area contributed by atoms with E-state index in [1.807, 2.05) is 18.2 Å². The average Bonchev–Trinajstić information content (AvgIpc) is 2.94. The standard InChI is InChI=1S/C26H35ClO/c1-25-13-6-5-8-19(25)10-11-20-21(25)12-14-26(2)22(20)16-18(24(26)28)15-17-7-3-4-9-23(17)27/h3-4,7,9,15,19-22,24,28H,5-6,8,10-14,16H2,1-2H3/b18-15+/t19-,20+,21-,22-,24+,25+,26+/m1/s1. The van der Waals surface area contributed by atoms with E-state index in [0.717, 1.165) is 34.8 Å². The van der Waals surface area contributed by atoms with Gasteiger partial charge in [0.2, 0.25) is 0 Å². The van der Waals surface area contributed by atoms with Crippen LogP contribution >= 0.6 is 11.6 Å². The molecule has 0 spiro atoms. The van der Waals surface area contributed by atoms with Gasteiger partial charge in [-0.2, -0.15) is 0 Å². The molecule has 0 unspecified atom stereocenters. The normalized spacial score (nSPS) is 46.7. The summed E-state index contributed by atoms with van der Waals surface area (Å²) in [6, 6.07) is 8.04. The van der Waals surface area contributed by atoms with Crippen LogP contribution in [0.5, 0.6) is 0 Å². The Morgan fingerprint density at radius 3 is 2.61 bits per heavy atom. The van der Waals surface area contributed by atoms with E-state index in [1.165, 1.54) is 56.9 Å². The second-order valence-electron chi connectivity index (χ2n) is 10.8. The summed E-state index contributed by atoms with van der Waals surface area (Å²) in [5.74, 6) is 3.26. The minimum absolute atomic E-state index is 0.0477. The average molecular weight is 399 g/mol. The molecule has 4 saturated carbocycles. The largest absolute Gasteiger partial charge is 0.388 e. The summed E-state index contributed by atoms with van der Waals surface area (Å²) in [4.78, 5) is 0. The van der Waals surface area contributed by atoms with Crippen LogP contribution in [0.4, 0.5) is 0 Å². The Morgan fingerprint density at radius 1 is 0.964 bits per heavy atom. The predicted octanol–water partition coefficient (Wildman–Crippen LogP) is 7.13. The van der Waals surface area contributed by atoms with Crippen molar-refractivity contribution in [2.45, 2.75) is 77.7 Å². The highest BCUT2D eigenvalue weighted by Crippen LogP contribution is 2.67. The summed E-state index contributed by atoms with van der Waals surface area (Å²) in [6.45, 7) is 5.00. The molecule has 0 radical (unpaired) electrons. The van der Waals surface area contributed by atoms with Gasteiger partial charge in [0.15, 0.2) is 0 Å². The number of aliphatic hydroxyl groups is 1. The lowest BCUT2D eigenvalue weighted by molar-refractivity contribution is -0.119. The Kier molecular flexibility index (Phi) is 4.71. The van der Waals surface area contributed by atoms with Crippen LogP contribution in [-0.4, -0.2) is 11.2 Å². The van der Waals surface area contributed by atoms with Crippen molar-refractivity contribution in [1.82, 2.24) is 0 Å². The second kappa shape index (κ2) is 6.88. The SMILES string of the molecule is C[C@]12CCCC[C@@H]1CC[C@H]1[C@H]2CC[C@@]2(C)[C@@H]1C/C(=C\c1ccccc1Cl)[C@@H]2O. The molecule has 5 rings (SSSR count). The van der Waals surface area contributed by atoms with Gasteiger partial charge in [0.05, 0.1) is 6.10 Å². The van der Waals surface area contributed by atoms with Crippen molar-refractivity contribution in [2.24, 2.45) is 34.5 Å². The second-order valence-corrected chi connectivity index (χ2v) is 11.2. The molecule has 4 aliphatic carbocycles. The number of benzene rings is 1. The Bertz CT molecular complexity index is 784. The van der Waals surface area contributed by atoms with Crippen LogP contribution in [0, 0.1) is 34.5 Å². The molecule has 7 atom stereocenters. The summed E-state index contributed by atoms with van der Waals surface area (Å²) in [7, 11) is 0. The third-order valence-corrected chi connectivity index (χ3v) is 10.0. The van der Waals surface area contributed by atoms with Crippen LogP contribution < -0.4 is 0 Å². The molecular weight excluding hydrogens is 364 g/mol. The van der Waals surface area contributed by atoms with Gasteiger partial charge in [-0.05, 0) is 91.2 Å². The molecule has 1 N–H and O–H groups in total. The Labute approximate surface area is 175 Å². The molecule has 4 fully saturated rings. The Balaban J connectivity index is 1.47. The van der Waals surface area contributed by atoms with E-state index in [4.69, 9.17) is 11.6 Å². The fourth-order valence-corrected chi connectivity index (χ4v) is 8.28. The van der Waals surface area contributed by atoms with Gasteiger partial charge in [-0.25, -0.2) is 0 Å². The number of hydrogen-bond acceptors (Lipinski definition) is 1. The summed E-state index contributed by atoms with van der Waals surface area (Å²) >= 11 is 6.42.